The number of nitrogens with zero attached hydrogens (tertiary/aromatic N) is 3. The molecule has 0 spiro atoms. The van der Waals surface area contributed by atoms with Gasteiger partial charge in [-0.05, 0) is 172 Å². The Labute approximate surface area is 686 Å². The number of pyridine rings is 1. The number of esters is 2. The first-order valence-electron chi connectivity index (χ1n) is 43.4. The van der Waals surface area contributed by atoms with E-state index >= 15 is 0 Å². The van der Waals surface area contributed by atoms with Crippen molar-refractivity contribution in [3.8, 4) is 0 Å². The van der Waals surface area contributed by atoms with E-state index in [0.29, 0.717) is 55.6 Å². The normalized spacial score (nSPS) is 44.7. The van der Waals surface area contributed by atoms with Gasteiger partial charge in [-0.1, -0.05) is 161 Å². The quantitative estimate of drug-likeness (QED) is 0.0847. The molecule has 1 aromatic heterocycles. The number of hydrogen-bond donors (Lipinski definition) is 4. The molecule has 1 aromatic carbocycles. The van der Waals surface area contributed by atoms with Crippen LogP contribution in [0.2, 0.25) is 0 Å². The molecule has 6 aliphatic rings. The smallest absolute Gasteiger partial charge is 0.311 e. The Hall–Kier alpha value is -4.17. The zero-order chi connectivity index (χ0) is 85.4. The van der Waals surface area contributed by atoms with E-state index in [1.165, 1.54) is 6.92 Å². The predicted octanol–water partition coefficient (Wildman–Crippen LogP) is 16.8. The van der Waals surface area contributed by atoms with Crippen LogP contribution in [0, 0.1) is 93.7 Å². The Morgan fingerprint density at radius 1 is 0.535 bits per heavy atom. The van der Waals surface area contributed by atoms with Crippen LogP contribution < -0.4 is 0 Å². The highest BCUT2D eigenvalue weighted by atomic mass is 16.7. The second-order valence-corrected chi connectivity index (χ2v) is 38.4. The molecule has 650 valence electrons. The highest BCUT2D eigenvalue weighted by molar-refractivity contribution is 5.90. The molecule has 7 heterocycles. The maximum Gasteiger partial charge on any atom is 0.311 e. The average molecular weight is 1600 g/mol. The van der Waals surface area contributed by atoms with Crippen molar-refractivity contribution in [3.63, 3.8) is 0 Å². The van der Waals surface area contributed by atoms with Crippen LogP contribution in [0.5, 0.6) is 0 Å². The summed E-state index contributed by atoms with van der Waals surface area (Å²) < 4.78 is 81.3. The van der Waals surface area contributed by atoms with Crippen LogP contribution in [-0.2, 0) is 66.4 Å². The Balaban J connectivity index is 0.000000321. The van der Waals surface area contributed by atoms with Gasteiger partial charge in [-0.2, -0.15) is 0 Å². The molecule has 0 amide bonds. The van der Waals surface area contributed by atoms with E-state index in [0.717, 1.165) is 35.0 Å². The standard InChI is InChI=1S/C51H80N2O9.C42H75NO9/c1-16-41-51(14,56)45(54)33(6)43(52-15)30(3)26-50(13,57-23-19-20-38-25-39-21-17-18-22-40(39)53-28-38)46(62-48-32(5)29(2)24-31(4)58-48)34(7)44(35(8)47(55)60-41)61-42-27-49(11,12)36(9)37(10)59-42;1-17-19-47-41(14)21-24(4)34(43-16)27(7)36(44)42(15,46)32(18-2)50-38(45)29(9)35(51-33-22-40(12,13)30(10)31(11)49-33)28(8)37(41)52-39-26(6)23(3)20-25(5)48-39/h17-22,25,28-37,41-42,44-46,48,54,56H,16,23-24,26-27H2,1-15H3;17,23-33,35-37,39,44,46H,1,18-22H2,2-16H3/b20-19+,52-43?;/t29-,30-,31+,32+,33-,34-,35+,36-,37-,41+,42?,44-,45+,46+,48-,50-,51+;23-,24-,25+,26+,27-,28-,29+,30-,31-,32+,33?,35-,36+,37+,39-,41-,42+/m00/s1. The van der Waals surface area contributed by atoms with E-state index in [-0.39, 0.29) is 84.5 Å². The summed E-state index contributed by atoms with van der Waals surface area (Å²) in [6.07, 6.45) is 2.31. The zero-order valence-corrected chi connectivity index (χ0v) is 75.6. The summed E-state index contributed by atoms with van der Waals surface area (Å²) in [5.74, 6) is -3.79. The van der Waals surface area contributed by atoms with E-state index in [2.05, 4.69) is 160 Å². The molecule has 0 aliphatic carbocycles. The van der Waals surface area contributed by atoms with Crippen LogP contribution >= 0.6 is 0 Å². The van der Waals surface area contributed by atoms with Crippen molar-refractivity contribution >= 4 is 40.3 Å². The van der Waals surface area contributed by atoms with Gasteiger partial charge in [0, 0.05) is 85.5 Å². The van der Waals surface area contributed by atoms with E-state index < -0.39 is 144 Å². The summed E-state index contributed by atoms with van der Waals surface area (Å²) in [7, 11) is 3.43. The lowest BCUT2D eigenvalue weighted by atomic mass is 9.72. The highest BCUT2D eigenvalue weighted by Crippen LogP contribution is 2.49. The number of hydrogen-bond acceptors (Lipinski definition) is 21. The molecule has 0 radical (unpaired) electrons. The molecule has 114 heavy (non-hydrogen) atoms. The molecule has 6 saturated heterocycles. The van der Waals surface area contributed by atoms with Crippen molar-refractivity contribution in [2.24, 2.45) is 104 Å². The molecule has 6 fully saturated rings. The van der Waals surface area contributed by atoms with Crippen molar-refractivity contribution in [2.45, 2.75) is 366 Å². The lowest BCUT2D eigenvalue weighted by molar-refractivity contribution is -0.304. The zero-order valence-electron chi connectivity index (χ0n) is 75.6. The largest absolute Gasteiger partial charge is 0.459 e. The van der Waals surface area contributed by atoms with Crippen LogP contribution in [0.3, 0.4) is 0 Å². The Bertz CT molecular complexity index is 3490. The van der Waals surface area contributed by atoms with Gasteiger partial charge in [-0.25, -0.2) is 0 Å². The highest BCUT2D eigenvalue weighted by Gasteiger charge is 2.56. The van der Waals surface area contributed by atoms with Crippen molar-refractivity contribution in [1.82, 2.24) is 4.98 Å². The fraction of sp³-hybridized carbons (Fsp3) is 0.817. The molecular weight excluding hydrogens is 1450 g/mol. The predicted molar refractivity (Wildman–Crippen MR) is 450 cm³/mol. The van der Waals surface area contributed by atoms with Crippen LogP contribution in [-0.4, -0.2) is 197 Å². The minimum absolute atomic E-state index is 0.00603. The number of carbonyl (C=O) groups excluding carboxylic acids is 2. The Morgan fingerprint density at radius 3 is 1.31 bits per heavy atom. The third-order valence-corrected chi connectivity index (χ3v) is 28.4. The van der Waals surface area contributed by atoms with Gasteiger partial charge in [-0.15, -0.1) is 6.58 Å². The Morgan fingerprint density at radius 2 is 0.930 bits per heavy atom. The number of aromatic nitrogens is 1. The second kappa shape index (κ2) is 40.5. The molecule has 8 rings (SSSR count). The maximum atomic E-state index is 14.6. The van der Waals surface area contributed by atoms with Crippen LogP contribution in [0.25, 0.3) is 17.0 Å². The summed E-state index contributed by atoms with van der Waals surface area (Å²) in [5.41, 5.74) is -2.43. The van der Waals surface area contributed by atoms with Crippen LogP contribution in [0.4, 0.5) is 0 Å². The van der Waals surface area contributed by atoms with Gasteiger partial charge in [0.2, 0.25) is 0 Å². The van der Waals surface area contributed by atoms with Gasteiger partial charge in [0.25, 0.3) is 0 Å². The van der Waals surface area contributed by atoms with Gasteiger partial charge in [0.05, 0.1) is 103 Å². The number of rotatable bonds is 17. The number of aliphatic imine (C=N–C) groups is 2. The van der Waals surface area contributed by atoms with Gasteiger partial charge >= 0.3 is 11.9 Å². The lowest BCUT2D eigenvalue weighted by Crippen LogP contribution is -2.59. The Kier molecular flexibility index (Phi) is 34.4. The van der Waals surface area contributed by atoms with Crippen molar-refractivity contribution in [1.29, 1.82) is 0 Å². The second-order valence-electron chi connectivity index (χ2n) is 38.4. The van der Waals surface area contributed by atoms with Crippen molar-refractivity contribution < 1.29 is 86.9 Å². The number of benzene rings is 1. The fourth-order valence-electron chi connectivity index (χ4n) is 19.9. The molecule has 6 aliphatic heterocycles. The summed E-state index contributed by atoms with van der Waals surface area (Å²) in [6.45, 7) is 61.4. The topological polar surface area (TPSA) is 263 Å². The number of para-hydroxylation sites is 1. The number of aliphatic hydroxyl groups excluding tert-OH is 2. The number of ether oxygens (including phenoxy) is 12. The summed E-state index contributed by atoms with van der Waals surface area (Å²) in [6, 6.07) is 10.1. The van der Waals surface area contributed by atoms with Crippen molar-refractivity contribution in [2.75, 3.05) is 27.3 Å². The first kappa shape index (κ1) is 97.0. The first-order valence-corrected chi connectivity index (χ1v) is 43.4. The number of carbonyl (C=O) groups is 2. The summed E-state index contributed by atoms with van der Waals surface area (Å²) in [5, 5.41) is 48.7. The molecule has 2 aromatic rings. The minimum atomic E-state index is -1.79. The van der Waals surface area contributed by atoms with Gasteiger partial charge < -0.3 is 77.3 Å². The molecule has 0 saturated carbocycles. The van der Waals surface area contributed by atoms with E-state index in [9.17, 15) is 30.0 Å². The molecule has 21 nitrogen and oxygen atoms in total. The van der Waals surface area contributed by atoms with Crippen molar-refractivity contribution in [3.05, 3.63) is 60.8 Å². The molecule has 2 unspecified atom stereocenters. The SMILES string of the molecule is C=CCO[C@@]1(C)C[C@H](C)C(=NC)[C@H](C)[C@@H](O)[C@](C)(O)[C@@H](CC)OC(=O)[C@H](C)[C@@H](OC2CC(C)(C)[C@@H](C)[C@H](C)O2)[C@H](C)[C@H]1O[C@@H]1O[C@H](C)C[C@H](C)[C@H]1C.CC[C@H]1OC(=O)[C@H](C)[C@@H](OC2CC(C)(C)[C@@H](C)[C@H](C)O2)[C@H](C)[C@@H](O[C@@H]2O[C@H](C)C[C@H](C)[C@H]2C)[C@@](C)(OC/C=C/c2cnc3ccccc3c2)C[C@H](C)C(=NC)[C@H](C)[C@@H](O)[C@]1(C)O. The molecule has 34 atom stereocenters. The lowest BCUT2D eigenvalue weighted by Gasteiger charge is -2.50. The van der Waals surface area contributed by atoms with Gasteiger partial charge in [-0.3, -0.25) is 24.6 Å². The minimum Gasteiger partial charge on any atom is -0.459 e. The first-order chi connectivity index (χ1) is 53.1. The van der Waals surface area contributed by atoms with Crippen LogP contribution in [0.1, 0.15) is 251 Å². The molecular formula is C93H155N3O18. The maximum absolute atomic E-state index is 14.6. The monoisotopic (exact) mass is 1600 g/mol. The van der Waals surface area contributed by atoms with Crippen LogP contribution in [0.15, 0.2) is 65.2 Å². The fourth-order valence-corrected chi connectivity index (χ4v) is 19.9. The van der Waals surface area contributed by atoms with E-state index in [1.807, 2.05) is 85.0 Å². The third-order valence-electron chi connectivity index (χ3n) is 28.4. The van der Waals surface area contributed by atoms with E-state index in [1.54, 1.807) is 27.1 Å². The molecule has 21 heteroatoms. The molecule has 0 bridgehead atoms. The van der Waals surface area contributed by atoms with E-state index in [4.69, 9.17) is 61.8 Å². The number of fused-ring (bicyclic) bond motifs is 1. The third kappa shape index (κ3) is 22.7. The average Bonchev–Trinajstić information content (AvgIpc) is 0.771. The number of cyclic esters (lactones) is 2. The summed E-state index contributed by atoms with van der Waals surface area (Å²) >= 11 is 0. The molecule has 4 N–H and O–H groups in total. The summed E-state index contributed by atoms with van der Waals surface area (Å²) in [4.78, 5) is 43.0. The van der Waals surface area contributed by atoms with Gasteiger partial charge in [0.1, 0.15) is 23.4 Å². The number of aliphatic hydroxyl groups is 4. The van der Waals surface area contributed by atoms with Gasteiger partial charge in [0.15, 0.2) is 25.2 Å².